The highest BCUT2D eigenvalue weighted by atomic mass is 127. The summed E-state index contributed by atoms with van der Waals surface area (Å²) in [7, 11) is 0. The molecule has 54 valence electrons. The minimum absolute atomic E-state index is 0.611. The normalized spacial score (nSPS) is 9.90. The Labute approximate surface area is 78.9 Å². The Morgan fingerprint density at radius 2 is 2.30 bits per heavy atom. The van der Waals surface area contributed by atoms with Crippen LogP contribution in [0, 0.1) is 3.57 Å². The molecule has 0 N–H and O–H groups in total. The van der Waals surface area contributed by atoms with Crippen molar-refractivity contribution < 1.29 is 0 Å². The molecule has 0 aliphatic carbocycles. The van der Waals surface area contributed by atoms with E-state index in [4.69, 9.17) is 11.6 Å². The third-order valence-electron chi connectivity index (χ3n) is 1.22. The van der Waals surface area contributed by atoms with Crippen molar-refractivity contribution in [3.05, 3.63) is 26.5 Å². The van der Waals surface area contributed by atoms with E-state index in [1.807, 2.05) is 12.1 Å². The predicted octanol–water partition coefficient (Wildman–Crippen LogP) is 2.90. The standard InChI is InChI=1S/C7H7ClIN/c1-2-5-3-4-6(9)7(8)10-5/h3-4H,2H2,1H3. The molecule has 0 saturated heterocycles. The van der Waals surface area contributed by atoms with Gasteiger partial charge in [0, 0.05) is 5.69 Å². The van der Waals surface area contributed by atoms with Gasteiger partial charge < -0.3 is 0 Å². The summed E-state index contributed by atoms with van der Waals surface area (Å²) < 4.78 is 1.01. The van der Waals surface area contributed by atoms with E-state index < -0.39 is 0 Å². The highest BCUT2D eigenvalue weighted by Gasteiger charge is 1.97. The van der Waals surface area contributed by atoms with Crippen LogP contribution in [0.25, 0.3) is 0 Å². The average molecular weight is 267 g/mol. The topological polar surface area (TPSA) is 12.9 Å². The van der Waals surface area contributed by atoms with Crippen molar-refractivity contribution in [3.63, 3.8) is 0 Å². The molecule has 0 bridgehead atoms. The quantitative estimate of drug-likeness (QED) is 0.563. The van der Waals surface area contributed by atoms with E-state index in [-0.39, 0.29) is 0 Å². The van der Waals surface area contributed by atoms with Gasteiger partial charge in [0.2, 0.25) is 0 Å². The van der Waals surface area contributed by atoms with Crippen molar-refractivity contribution in [1.29, 1.82) is 0 Å². The van der Waals surface area contributed by atoms with Gasteiger partial charge in [-0.25, -0.2) is 4.98 Å². The molecule has 0 saturated carbocycles. The number of hydrogen-bond donors (Lipinski definition) is 0. The maximum atomic E-state index is 5.77. The monoisotopic (exact) mass is 267 g/mol. The number of nitrogens with zero attached hydrogens (tertiary/aromatic N) is 1. The maximum absolute atomic E-state index is 5.77. The lowest BCUT2D eigenvalue weighted by Gasteiger charge is -1.97. The van der Waals surface area contributed by atoms with Crippen LogP contribution in [0.2, 0.25) is 5.15 Å². The minimum atomic E-state index is 0.611. The third kappa shape index (κ3) is 1.83. The average Bonchev–Trinajstić information content (AvgIpc) is 1.95. The number of aromatic nitrogens is 1. The first kappa shape index (κ1) is 8.27. The molecule has 1 nitrogen and oxygen atoms in total. The van der Waals surface area contributed by atoms with Gasteiger partial charge in [-0.05, 0) is 41.1 Å². The molecule has 0 aromatic carbocycles. The van der Waals surface area contributed by atoms with Crippen LogP contribution in [0.15, 0.2) is 12.1 Å². The van der Waals surface area contributed by atoms with E-state index in [1.54, 1.807) is 0 Å². The van der Waals surface area contributed by atoms with Gasteiger partial charge in [0.05, 0.1) is 3.57 Å². The van der Waals surface area contributed by atoms with E-state index in [0.717, 1.165) is 15.7 Å². The Hall–Kier alpha value is 0.170. The van der Waals surface area contributed by atoms with Gasteiger partial charge in [0.1, 0.15) is 5.15 Å². The molecule has 0 unspecified atom stereocenters. The summed E-state index contributed by atoms with van der Waals surface area (Å²) in [5.74, 6) is 0. The number of rotatable bonds is 1. The fourth-order valence-corrected chi connectivity index (χ4v) is 1.12. The minimum Gasteiger partial charge on any atom is -0.240 e. The van der Waals surface area contributed by atoms with Crippen molar-refractivity contribution in [2.45, 2.75) is 13.3 Å². The fourth-order valence-electron chi connectivity index (χ4n) is 0.652. The summed E-state index contributed by atoms with van der Waals surface area (Å²) in [4.78, 5) is 4.15. The van der Waals surface area contributed by atoms with Crippen LogP contribution in [0.3, 0.4) is 0 Å². The van der Waals surface area contributed by atoms with Gasteiger partial charge in [-0.15, -0.1) is 0 Å². The van der Waals surface area contributed by atoms with Gasteiger partial charge in [-0.3, -0.25) is 0 Å². The smallest absolute Gasteiger partial charge is 0.142 e. The van der Waals surface area contributed by atoms with Gasteiger partial charge in [-0.1, -0.05) is 18.5 Å². The first-order valence-electron chi connectivity index (χ1n) is 3.05. The van der Waals surface area contributed by atoms with Gasteiger partial charge in [0.25, 0.3) is 0 Å². The summed E-state index contributed by atoms with van der Waals surface area (Å²) in [6.45, 7) is 2.06. The Morgan fingerprint density at radius 3 is 2.80 bits per heavy atom. The van der Waals surface area contributed by atoms with E-state index in [0.29, 0.717) is 5.15 Å². The zero-order valence-electron chi connectivity index (χ0n) is 5.56. The maximum Gasteiger partial charge on any atom is 0.142 e. The molecule has 3 heteroatoms. The molecule has 0 aliphatic heterocycles. The van der Waals surface area contributed by atoms with Crippen LogP contribution in [0.4, 0.5) is 0 Å². The summed E-state index contributed by atoms with van der Waals surface area (Å²) in [6.07, 6.45) is 0.941. The second-order valence-corrected chi connectivity index (χ2v) is 3.45. The predicted molar refractivity (Wildman–Crippen MR) is 51.3 cm³/mol. The first-order chi connectivity index (χ1) is 4.74. The zero-order valence-corrected chi connectivity index (χ0v) is 8.48. The third-order valence-corrected chi connectivity index (χ3v) is 2.70. The van der Waals surface area contributed by atoms with Crippen molar-refractivity contribution in [2.75, 3.05) is 0 Å². The van der Waals surface area contributed by atoms with Gasteiger partial charge in [-0.2, -0.15) is 0 Å². The molecular weight excluding hydrogens is 260 g/mol. The fraction of sp³-hybridized carbons (Fsp3) is 0.286. The molecule has 1 aromatic rings. The summed E-state index contributed by atoms with van der Waals surface area (Å²) in [5, 5.41) is 0.611. The van der Waals surface area contributed by atoms with Crippen LogP contribution in [0.1, 0.15) is 12.6 Å². The van der Waals surface area contributed by atoms with Crippen molar-refractivity contribution in [3.8, 4) is 0 Å². The molecule has 0 atom stereocenters. The van der Waals surface area contributed by atoms with Crippen molar-refractivity contribution in [1.82, 2.24) is 4.98 Å². The second-order valence-electron chi connectivity index (χ2n) is 1.93. The molecule has 1 heterocycles. The largest absolute Gasteiger partial charge is 0.240 e. The molecule has 0 amide bonds. The van der Waals surface area contributed by atoms with Crippen LogP contribution in [-0.2, 0) is 6.42 Å². The lowest BCUT2D eigenvalue weighted by Crippen LogP contribution is -1.87. The molecule has 1 rings (SSSR count). The number of pyridine rings is 1. The summed E-state index contributed by atoms with van der Waals surface area (Å²) >= 11 is 7.94. The lowest BCUT2D eigenvalue weighted by molar-refractivity contribution is 1.03. The zero-order chi connectivity index (χ0) is 7.56. The van der Waals surface area contributed by atoms with E-state index in [9.17, 15) is 0 Å². The second kappa shape index (κ2) is 3.53. The van der Waals surface area contributed by atoms with Crippen LogP contribution in [0.5, 0.6) is 0 Å². The van der Waals surface area contributed by atoms with Crippen LogP contribution in [-0.4, -0.2) is 4.98 Å². The summed E-state index contributed by atoms with van der Waals surface area (Å²) in [6, 6.07) is 3.97. The van der Waals surface area contributed by atoms with Crippen LogP contribution >= 0.6 is 34.2 Å². The number of halogens is 2. The Bertz CT molecular complexity index is 237. The van der Waals surface area contributed by atoms with Crippen molar-refractivity contribution in [2.24, 2.45) is 0 Å². The van der Waals surface area contributed by atoms with E-state index in [2.05, 4.69) is 34.5 Å². The highest BCUT2D eigenvalue weighted by molar-refractivity contribution is 14.1. The van der Waals surface area contributed by atoms with Crippen molar-refractivity contribution >= 4 is 34.2 Å². The van der Waals surface area contributed by atoms with Gasteiger partial charge >= 0.3 is 0 Å². The van der Waals surface area contributed by atoms with E-state index >= 15 is 0 Å². The van der Waals surface area contributed by atoms with Crippen LogP contribution < -0.4 is 0 Å². The number of aryl methyl sites for hydroxylation is 1. The molecule has 0 fully saturated rings. The molecule has 10 heavy (non-hydrogen) atoms. The molecule has 0 aliphatic rings. The Kier molecular flexibility index (Phi) is 2.92. The molecule has 0 spiro atoms. The lowest BCUT2D eigenvalue weighted by atomic mass is 10.3. The van der Waals surface area contributed by atoms with E-state index in [1.165, 1.54) is 0 Å². The highest BCUT2D eigenvalue weighted by Crippen LogP contribution is 2.15. The Morgan fingerprint density at radius 1 is 1.60 bits per heavy atom. The molecule has 0 radical (unpaired) electrons. The SMILES string of the molecule is CCc1ccc(I)c(Cl)n1. The molecular formula is C7H7ClIN. The first-order valence-corrected chi connectivity index (χ1v) is 4.50. The molecule has 1 aromatic heterocycles. The Balaban J connectivity index is 3.04. The summed E-state index contributed by atoms with van der Waals surface area (Å²) in [5.41, 5.74) is 1.05. The van der Waals surface area contributed by atoms with Gasteiger partial charge in [0.15, 0.2) is 0 Å². The number of hydrogen-bond acceptors (Lipinski definition) is 1.